The molecule has 18 heavy (non-hydrogen) atoms. The monoisotopic (exact) mass is 252 g/mol. The fourth-order valence-electron chi connectivity index (χ4n) is 2.28. The summed E-state index contributed by atoms with van der Waals surface area (Å²) in [5, 5.41) is 6.82. The lowest BCUT2D eigenvalue weighted by atomic mass is 9.99. The average Bonchev–Trinajstić information content (AvgIpc) is 2.86. The van der Waals surface area contributed by atoms with Crippen molar-refractivity contribution in [2.24, 2.45) is 0 Å². The zero-order valence-electron chi connectivity index (χ0n) is 10.9. The van der Waals surface area contributed by atoms with Gasteiger partial charge in [-0.1, -0.05) is 0 Å². The Balaban J connectivity index is 1.96. The largest absolute Gasteiger partial charge is 0.481 e. The Hall–Kier alpha value is -1.40. The number of ether oxygens (including phenoxy) is 2. The maximum atomic E-state index is 5.30. The fourth-order valence-corrected chi connectivity index (χ4v) is 2.28. The minimum Gasteiger partial charge on any atom is -0.481 e. The van der Waals surface area contributed by atoms with E-state index >= 15 is 0 Å². The van der Waals surface area contributed by atoms with Crippen molar-refractivity contribution in [1.82, 2.24) is 15.3 Å². The van der Waals surface area contributed by atoms with Gasteiger partial charge in [0.05, 0.1) is 19.3 Å². The van der Waals surface area contributed by atoms with Gasteiger partial charge in [0.1, 0.15) is 12.1 Å². The van der Waals surface area contributed by atoms with Gasteiger partial charge in [0.25, 0.3) is 0 Å². The molecule has 1 aliphatic rings. The van der Waals surface area contributed by atoms with E-state index in [1.54, 1.807) is 20.3 Å². The summed E-state index contributed by atoms with van der Waals surface area (Å²) >= 11 is 0. The molecule has 1 aromatic rings. The number of nitrogens with one attached hydrogen (secondary N) is 2. The van der Waals surface area contributed by atoms with E-state index in [-0.39, 0.29) is 5.54 Å². The molecule has 1 unspecified atom stereocenters. The zero-order valence-corrected chi connectivity index (χ0v) is 10.9. The van der Waals surface area contributed by atoms with Gasteiger partial charge >= 0.3 is 0 Å². The molecular weight excluding hydrogens is 232 g/mol. The summed E-state index contributed by atoms with van der Waals surface area (Å²) in [4.78, 5) is 8.15. The molecule has 1 aliphatic heterocycles. The molecule has 100 valence electrons. The number of hydrogen-bond acceptors (Lipinski definition) is 6. The second-order valence-corrected chi connectivity index (χ2v) is 4.54. The standard InChI is InChI=1S/C12H20N4O2/c1-17-8-12(4-3-5-16-12)7-13-10-6-11(18-2)15-9-14-10/h6,9,16H,3-5,7-8H2,1-2H3,(H,13,14,15). The Kier molecular flexibility index (Phi) is 4.33. The quantitative estimate of drug-likeness (QED) is 0.775. The highest BCUT2D eigenvalue weighted by molar-refractivity contribution is 5.37. The molecule has 2 heterocycles. The van der Waals surface area contributed by atoms with Crippen molar-refractivity contribution in [3.05, 3.63) is 12.4 Å². The number of methoxy groups -OCH3 is 2. The van der Waals surface area contributed by atoms with Crippen LogP contribution in [0, 0.1) is 0 Å². The molecule has 2 N–H and O–H groups in total. The van der Waals surface area contributed by atoms with Crippen LogP contribution in [0.15, 0.2) is 12.4 Å². The van der Waals surface area contributed by atoms with Gasteiger partial charge < -0.3 is 20.1 Å². The molecular formula is C12H20N4O2. The summed E-state index contributed by atoms with van der Waals surface area (Å²) in [7, 11) is 3.33. The van der Waals surface area contributed by atoms with Gasteiger partial charge in [0.2, 0.25) is 5.88 Å². The van der Waals surface area contributed by atoms with E-state index in [9.17, 15) is 0 Å². The van der Waals surface area contributed by atoms with Gasteiger partial charge in [0.15, 0.2) is 0 Å². The number of anilines is 1. The zero-order chi connectivity index (χ0) is 12.8. The second-order valence-electron chi connectivity index (χ2n) is 4.54. The van der Waals surface area contributed by atoms with Crippen LogP contribution in [0.1, 0.15) is 12.8 Å². The van der Waals surface area contributed by atoms with Gasteiger partial charge in [-0.15, -0.1) is 0 Å². The third-order valence-electron chi connectivity index (χ3n) is 3.21. The Bertz CT molecular complexity index is 380. The number of rotatable bonds is 6. The van der Waals surface area contributed by atoms with Crippen LogP contribution in [0.25, 0.3) is 0 Å². The number of aromatic nitrogens is 2. The van der Waals surface area contributed by atoms with Crippen LogP contribution in [0.4, 0.5) is 5.82 Å². The van der Waals surface area contributed by atoms with E-state index in [2.05, 4.69) is 20.6 Å². The predicted octanol–water partition coefficient (Wildman–Crippen LogP) is 0.666. The topological polar surface area (TPSA) is 68.3 Å². The molecule has 1 aromatic heterocycles. The minimum absolute atomic E-state index is 0.00688. The van der Waals surface area contributed by atoms with E-state index in [0.717, 1.165) is 25.3 Å². The maximum absolute atomic E-state index is 5.30. The summed E-state index contributed by atoms with van der Waals surface area (Å²) in [6, 6.07) is 1.79. The van der Waals surface area contributed by atoms with Crippen molar-refractivity contribution in [2.75, 3.05) is 39.2 Å². The van der Waals surface area contributed by atoms with Crippen molar-refractivity contribution < 1.29 is 9.47 Å². The molecule has 0 saturated carbocycles. The molecule has 0 aliphatic carbocycles. The lowest BCUT2D eigenvalue weighted by Crippen LogP contribution is -2.49. The summed E-state index contributed by atoms with van der Waals surface area (Å²) < 4.78 is 10.4. The van der Waals surface area contributed by atoms with E-state index in [1.807, 2.05) is 0 Å². The molecule has 0 amide bonds. The van der Waals surface area contributed by atoms with Gasteiger partial charge in [-0.3, -0.25) is 0 Å². The first-order valence-corrected chi connectivity index (χ1v) is 6.12. The first-order valence-electron chi connectivity index (χ1n) is 6.12. The summed E-state index contributed by atoms with van der Waals surface area (Å²) in [5.74, 6) is 1.33. The van der Waals surface area contributed by atoms with E-state index < -0.39 is 0 Å². The Labute approximate surface area is 107 Å². The minimum atomic E-state index is 0.00688. The van der Waals surface area contributed by atoms with Crippen molar-refractivity contribution in [1.29, 1.82) is 0 Å². The third-order valence-corrected chi connectivity index (χ3v) is 3.21. The summed E-state index contributed by atoms with van der Waals surface area (Å²) in [5.41, 5.74) is 0.00688. The average molecular weight is 252 g/mol. The first-order chi connectivity index (χ1) is 8.78. The molecule has 0 spiro atoms. The highest BCUT2D eigenvalue weighted by Crippen LogP contribution is 2.20. The van der Waals surface area contributed by atoms with Crippen molar-refractivity contribution >= 4 is 5.82 Å². The van der Waals surface area contributed by atoms with E-state index in [1.165, 1.54) is 12.7 Å². The first kappa shape index (κ1) is 13.0. The summed E-state index contributed by atoms with van der Waals surface area (Å²) in [6.45, 7) is 2.52. The Morgan fingerprint density at radius 2 is 2.33 bits per heavy atom. The van der Waals surface area contributed by atoms with Crippen LogP contribution in [0.3, 0.4) is 0 Å². The van der Waals surface area contributed by atoms with Crippen molar-refractivity contribution in [2.45, 2.75) is 18.4 Å². The van der Waals surface area contributed by atoms with Gasteiger partial charge in [-0.05, 0) is 19.4 Å². The van der Waals surface area contributed by atoms with Crippen LogP contribution in [0.5, 0.6) is 5.88 Å². The molecule has 1 atom stereocenters. The van der Waals surface area contributed by atoms with Crippen LogP contribution in [-0.4, -0.2) is 49.4 Å². The van der Waals surface area contributed by atoms with Crippen molar-refractivity contribution in [3.8, 4) is 5.88 Å². The molecule has 1 saturated heterocycles. The molecule has 0 radical (unpaired) electrons. The van der Waals surface area contributed by atoms with Gasteiger partial charge in [-0.2, -0.15) is 0 Å². The number of hydrogen-bond donors (Lipinski definition) is 2. The third kappa shape index (κ3) is 3.08. The number of nitrogens with zero attached hydrogens (tertiary/aromatic N) is 2. The lowest BCUT2D eigenvalue weighted by molar-refractivity contribution is 0.127. The highest BCUT2D eigenvalue weighted by Gasteiger charge is 2.33. The normalized spacial score (nSPS) is 23.0. The van der Waals surface area contributed by atoms with E-state index in [4.69, 9.17) is 9.47 Å². The maximum Gasteiger partial charge on any atom is 0.218 e. The van der Waals surface area contributed by atoms with Crippen molar-refractivity contribution in [3.63, 3.8) is 0 Å². The molecule has 6 nitrogen and oxygen atoms in total. The predicted molar refractivity (Wildman–Crippen MR) is 68.9 cm³/mol. The van der Waals surface area contributed by atoms with Crippen LogP contribution in [0.2, 0.25) is 0 Å². The van der Waals surface area contributed by atoms with Gasteiger partial charge in [0, 0.05) is 19.7 Å². The van der Waals surface area contributed by atoms with Crippen LogP contribution >= 0.6 is 0 Å². The van der Waals surface area contributed by atoms with Gasteiger partial charge in [-0.25, -0.2) is 9.97 Å². The second kappa shape index (κ2) is 5.97. The smallest absolute Gasteiger partial charge is 0.218 e. The lowest BCUT2D eigenvalue weighted by Gasteiger charge is -2.29. The fraction of sp³-hybridized carbons (Fsp3) is 0.667. The molecule has 1 fully saturated rings. The Morgan fingerprint density at radius 3 is 3.00 bits per heavy atom. The Morgan fingerprint density at radius 1 is 1.44 bits per heavy atom. The molecule has 6 heteroatoms. The van der Waals surface area contributed by atoms with Crippen LogP contribution in [-0.2, 0) is 4.74 Å². The van der Waals surface area contributed by atoms with E-state index in [0.29, 0.717) is 12.5 Å². The molecule has 2 rings (SSSR count). The molecule has 0 aromatic carbocycles. The summed E-state index contributed by atoms with van der Waals surface area (Å²) in [6.07, 6.45) is 3.78. The molecule has 0 bridgehead atoms. The highest BCUT2D eigenvalue weighted by atomic mass is 16.5. The van der Waals surface area contributed by atoms with Crippen LogP contribution < -0.4 is 15.4 Å². The SMILES string of the molecule is COCC1(CNc2cc(OC)ncn2)CCCN1.